The van der Waals surface area contributed by atoms with Crippen molar-refractivity contribution in [1.82, 2.24) is 14.1 Å². The van der Waals surface area contributed by atoms with E-state index in [1.807, 2.05) is 6.07 Å². The number of amides is 1. The van der Waals surface area contributed by atoms with Gasteiger partial charge in [-0.3, -0.25) is 4.79 Å². The summed E-state index contributed by atoms with van der Waals surface area (Å²) in [6, 6.07) is 1.88. The Morgan fingerprint density at radius 2 is 2.47 bits per heavy atom. The summed E-state index contributed by atoms with van der Waals surface area (Å²) in [6.45, 7) is 0.494. The molecule has 0 bridgehead atoms. The predicted molar refractivity (Wildman–Crippen MR) is 63.1 cm³/mol. The fourth-order valence-electron chi connectivity index (χ4n) is 0.959. The van der Waals surface area contributed by atoms with Gasteiger partial charge in [0.15, 0.2) is 5.69 Å². The lowest BCUT2D eigenvalue weighted by Gasteiger charge is -2.00. The highest BCUT2D eigenvalue weighted by atomic mass is 79.9. The van der Waals surface area contributed by atoms with Gasteiger partial charge in [-0.05, 0) is 45.1 Å². The molecule has 2 rings (SSSR count). The lowest BCUT2D eigenvalue weighted by molar-refractivity contribution is 0.0946. The Balaban J connectivity index is 1.96. The summed E-state index contributed by atoms with van der Waals surface area (Å²) in [6.07, 6.45) is 1.71. The van der Waals surface area contributed by atoms with E-state index in [0.717, 1.165) is 9.35 Å². The molecule has 15 heavy (non-hydrogen) atoms. The normalized spacial score (nSPS) is 10.2. The van der Waals surface area contributed by atoms with Crippen molar-refractivity contribution in [3.8, 4) is 0 Å². The van der Waals surface area contributed by atoms with Crippen LogP contribution in [0, 0.1) is 0 Å². The molecule has 0 aliphatic carbocycles. The minimum absolute atomic E-state index is 0.170. The van der Waals surface area contributed by atoms with Gasteiger partial charge in [-0.2, -0.15) is 4.37 Å². The summed E-state index contributed by atoms with van der Waals surface area (Å²) >= 11 is 5.89. The van der Waals surface area contributed by atoms with Gasteiger partial charge in [0.2, 0.25) is 0 Å². The SMILES string of the molecule is O=C(NCc1ccns1)c1nscc1Br. The highest BCUT2D eigenvalue weighted by molar-refractivity contribution is 9.10. The topological polar surface area (TPSA) is 54.9 Å². The first-order valence-electron chi connectivity index (χ1n) is 4.05. The zero-order valence-corrected chi connectivity index (χ0v) is 10.7. The number of carbonyl (C=O) groups excluding carboxylic acids is 1. The van der Waals surface area contributed by atoms with Gasteiger partial charge in [-0.1, -0.05) is 0 Å². The Morgan fingerprint density at radius 3 is 3.07 bits per heavy atom. The van der Waals surface area contributed by atoms with E-state index in [0.29, 0.717) is 12.2 Å². The van der Waals surface area contributed by atoms with Crippen molar-refractivity contribution in [2.75, 3.05) is 0 Å². The van der Waals surface area contributed by atoms with Crippen LogP contribution in [0.2, 0.25) is 0 Å². The van der Waals surface area contributed by atoms with Crippen molar-refractivity contribution in [1.29, 1.82) is 0 Å². The van der Waals surface area contributed by atoms with Crippen molar-refractivity contribution in [3.63, 3.8) is 0 Å². The lowest BCUT2D eigenvalue weighted by Crippen LogP contribution is -2.22. The number of aromatic nitrogens is 2. The number of nitrogens with zero attached hydrogens (tertiary/aromatic N) is 2. The molecule has 0 unspecified atom stereocenters. The molecule has 0 saturated carbocycles. The zero-order valence-electron chi connectivity index (χ0n) is 7.44. The molecule has 0 radical (unpaired) electrons. The van der Waals surface area contributed by atoms with Crippen molar-refractivity contribution in [3.05, 3.63) is 32.7 Å². The molecular formula is C8H6BrN3OS2. The summed E-state index contributed by atoms with van der Waals surface area (Å²) in [7, 11) is 0. The highest BCUT2D eigenvalue weighted by Gasteiger charge is 2.12. The van der Waals surface area contributed by atoms with Crippen LogP contribution in [0.1, 0.15) is 15.4 Å². The number of hydrogen-bond acceptors (Lipinski definition) is 5. The van der Waals surface area contributed by atoms with E-state index in [1.165, 1.54) is 23.1 Å². The summed E-state index contributed by atoms with van der Waals surface area (Å²) in [5.74, 6) is -0.170. The van der Waals surface area contributed by atoms with Gasteiger partial charge in [0.25, 0.3) is 5.91 Å². The van der Waals surface area contributed by atoms with Gasteiger partial charge in [0, 0.05) is 16.5 Å². The fourth-order valence-corrected chi connectivity index (χ4v) is 2.66. The van der Waals surface area contributed by atoms with Crippen molar-refractivity contribution in [2.24, 2.45) is 0 Å². The standard InChI is InChI=1S/C8H6BrN3OS2/c9-6-4-14-12-7(6)8(13)10-3-5-1-2-11-15-5/h1-2,4H,3H2,(H,10,13). The lowest BCUT2D eigenvalue weighted by atomic mass is 10.4. The number of halogens is 1. The van der Waals surface area contributed by atoms with Gasteiger partial charge < -0.3 is 5.32 Å². The van der Waals surface area contributed by atoms with E-state index >= 15 is 0 Å². The minimum Gasteiger partial charge on any atom is -0.346 e. The molecule has 0 saturated heterocycles. The first kappa shape index (κ1) is 10.7. The average molecular weight is 304 g/mol. The molecule has 0 aromatic carbocycles. The molecule has 1 amide bonds. The van der Waals surface area contributed by atoms with E-state index in [1.54, 1.807) is 11.6 Å². The van der Waals surface area contributed by atoms with Crippen LogP contribution < -0.4 is 5.32 Å². The van der Waals surface area contributed by atoms with Gasteiger partial charge in [-0.15, -0.1) is 0 Å². The van der Waals surface area contributed by atoms with Crippen LogP contribution in [-0.2, 0) is 6.54 Å². The number of nitrogens with one attached hydrogen (secondary N) is 1. The van der Waals surface area contributed by atoms with Gasteiger partial charge in [0.1, 0.15) is 0 Å². The third-order valence-electron chi connectivity index (χ3n) is 1.66. The maximum atomic E-state index is 11.6. The molecule has 2 aromatic rings. The zero-order chi connectivity index (χ0) is 10.7. The van der Waals surface area contributed by atoms with E-state index in [9.17, 15) is 4.79 Å². The summed E-state index contributed by atoms with van der Waals surface area (Å²) in [5, 5.41) is 4.55. The van der Waals surface area contributed by atoms with E-state index in [-0.39, 0.29) is 5.91 Å². The highest BCUT2D eigenvalue weighted by Crippen LogP contribution is 2.17. The maximum absolute atomic E-state index is 11.6. The molecule has 0 aliphatic heterocycles. The van der Waals surface area contributed by atoms with Crippen LogP contribution in [0.4, 0.5) is 0 Å². The predicted octanol–water partition coefficient (Wildman–Crippen LogP) is 2.29. The minimum atomic E-state index is -0.170. The molecule has 0 spiro atoms. The molecule has 1 N–H and O–H groups in total. The van der Waals surface area contributed by atoms with Crippen molar-refractivity contribution in [2.45, 2.75) is 6.54 Å². The smallest absolute Gasteiger partial charge is 0.272 e. The Labute approximate surface area is 103 Å². The number of hydrogen-bond donors (Lipinski definition) is 1. The second-order valence-corrected chi connectivity index (χ2v) is 5.07. The van der Waals surface area contributed by atoms with Gasteiger partial charge >= 0.3 is 0 Å². The van der Waals surface area contributed by atoms with Crippen LogP contribution >= 0.6 is 39.0 Å². The van der Waals surface area contributed by atoms with E-state index in [2.05, 4.69) is 30.0 Å². The molecule has 7 heteroatoms. The quantitative estimate of drug-likeness (QED) is 0.946. The van der Waals surface area contributed by atoms with Crippen LogP contribution in [0.5, 0.6) is 0 Å². The van der Waals surface area contributed by atoms with Crippen LogP contribution in [-0.4, -0.2) is 14.7 Å². The summed E-state index contributed by atoms with van der Waals surface area (Å²) in [5.41, 5.74) is 0.435. The number of carbonyl (C=O) groups is 1. The van der Waals surface area contributed by atoms with Crippen molar-refractivity contribution < 1.29 is 4.79 Å². The van der Waals surface area contributed by atoms with Gasteiger partial charge in [0.05, 0.1) is 11.0 Å². The molecule has 4 nitrogen and oxygen atoms in total. The first-order valence-corrected chi connectivity index (χ1v) is 6.45. The Bertz CT molecular complexity index is 454. The molecule has 0 aliphatic rings. The number of rotatable bonds is 3. The third kappa shape index (κ3) is 2.61. The molecule has 0 atom stereocenters. The molecule has 0 fully saturated rings. The van der Waals surface area contributed by atoms with Crippen LogP contribution in [0.15, 0.2) is 22.1 Å². The van der Waals surface area contributed by atoms with E-state index < -0.39 is 0 Å². The largest absolute Gasteiger partial charge is 0.346 e. The van der Waals surface area contributed by atoms with Crippen LogP contribution in [0.25, 0.3) is 0 Å². The first-order chi connectivity index (χ1) is 7.27. The molecule has 78 valence electrons. The molecule has 2 aromatic heterocycles. The fraction of sp³-hybridized carbons (Fsp3) is 0.125. The van der Waals surface area contributed by atoms with Gasteiger partial charge in [-0.25, -0.2) is 4.37 Å². The van der Waals surface area contributed by atoms with Crippen LogP contribution in [0.3, 0.4) is 0 Å². The second kappa shape index (κ2) is 4.82. The monoisotopic (exact) mass is 303 g/mol. The maximum Gasteiger partial charge on any atom is 0.272 e. The molecule has 2 heterocycles. The second-order valence-electron chi connectivity index (χ2n) is 2.67. The Hall–Kier alpha value is -0.790. The molecular weight excluding hydrogens is 298 g/mol. The average Bonchev–Trinajstić information content (AvgIpc) is 2.84. The Kier molecular flexibility index (Phi) is 3.45. The van der Waals surface area contributed by atoms with Crippen molar-refractivity contribution >= 4 is 44.9 Å². The summed E-state index contributed by atoms with van der Waals surface area (Å²) in [4.78, 5) is 12.6. The Morgan fingerprint density at radius 1 is 1.60 bits per heavy atom. The van der Waals surface area contributed by atoms with E-state index in [4.69, 9.17) is 0 Å². The third-order valence-corrected chi connectivity index (χ3v) is 3.93. The summed E-state index contributed by atoms with van der Waals surface area (Å²) < 4.78 is 8.66.